The average Bonchev–Trinajstić information content (AvgIpc) is 2.39. The highest BCUT2D eigenvalue weighted by Gasteiger charge is 2.09. The molecular weight excluding hydrogens is 240 g/mol. The zero-order valence-electron chi connectivity index (χ0n) is 11.8. The molecule has 4 heteroatoms. The fraction of sp³-hybridized carbons (Fsp3) is 0.600. The molecule has 1 rings (SSSR count). The van der Waals surface area contributed by atoms with E-state index >= 15 is 0 Å². The third kappa shape index (κ3) is 6.91. The number of amides is 1. The van der Waals surface area contributed by atoms with Crippen LogP contribution in [0.15, 0.2) is 24.4 Å². The normalized spacial score (nSPS) is 12.4. The van der Waals surface area contributed by atoms with Crippen molar-refractivity contribution in [1.29, 1.82) is 0 Å². The molecule has 0 spiro atoms. The summed E-state index contributed by atoms with van der Waals surface area (Å²) in [5.74, 6) is 0.285. The lowest BCUT2D eigenvalue weighted by molar-refractivity contribution is -0.121. The second kappa shape index (κ2) is 8.64. The number of rotatable bonds is 8. The Hall–Kier alpha value is -1.42. The number of carbonyl (C=O) groups excluding carboxylic acids is 1. The van der Waals surface area contributed by atoms with Crippen molar-refractivity contribution in [1.82, 2.24) is 10.3 Å². The predicted molar refractivity (Wildman–Crippen MR) is 75.6 cm³/mol. The van der Waals surface area contributed by atoms with Crippen molar-refractivity contribution in [2.24, 2.45) is 5.92 Å². The number of pyridine rings is 1. The summed E-state index contributed by atoms with van der Waals surface area (Å²) in [5, 5.41) is 12.4. The molecule has 0 saturated heterocycles. The van der Waals surface area contributed by atoms with E-state index in [1.165, 1.54) is 0 Å². The van der Waals surface area contributed by atoms with Crippen LogP contribution in [0.4, 0.5) is 0 Å². The molecule has 1 aromatic rings. The number of aliphatic hydroxyl groups is 1. The number of nitrogens with one attached hydrogen (secondary N) is 1. The number of hydrogen-bond donors (Lipinski definition) is 2. The maximum atomic E-state index is 11.6. The Kier molecular flexibility index (Phi) is 7.11. The molecule has 0 aliphatic heterocycles. The van der Waals surface area contributed by atoms with Crippen molar-refractivity contribution >= 4 is 5.91 Å². The highest BCUT2D eigenvalue weighted by molar-refractivity contribution is 5.75. The molecule has 0 bridgehead atoms. The Morgan fingerprint density at radius 3 is 2.84 bits per heavy atom. The molecule has 0 aliphatic rings. The van der Waals surface area contributed by atoms with Crippen LogP contribution >= 0.6 is 0 Å². The summed E-state index contributed by atoms with van der Waals surface area (Å²) < 4.78 is 0. The highest BCUT2D eigenvalue weighted by Crippen LogP contribution is 2.04. The topological polar surface area (TPSA) is 62.2 Å². The van der Waals surface area contributed by atoms with Gasteiger partial charge >= 0.3 is 0 Å². The molecule has 0 aromatic carbocycles. The summed E-state index contributed by atoms with van der Waals surface area (Å²) in [7, 11) is 0. The highest BCUT2D eigenvalue weighted by atomic mass is 16.3. The summed E-state index contributed by atoms with van der Waals surface area (Å²) in [6, 6.07) is 5.81. The Bertz CT molecular complexity index is 366. The van der Waals surface area contributed by atoms with E-state index in [0.29, 0.717) is 19.4 Å². The number of aromatic nitrogens is 1. The Balaban J connectivity index is 2.08. The molecule has 0 saturated carbocycles. The van der Waals surface area contributed by atoms with Gasteiger partial charge in [-0.3, -0.25) is 9.78 Å². The number of hydrogen-bond acceptors (Lipinski definition) is 3. The molecule has 0 radical (unpaired) electrons. The maximum absolute atomic E-state index is 11.6. The van der Waals surface area contributed by atoms with E-state index < -0.39 is 0 Å². The largest absolute Gasteiger partial charge is 0.393 e. The van der Waals surface area contributed by atoms with Gasteiger partial charge < -0.3 is 10.4 Å². The van der Waals surface area contributed by atoms with Crippen LogP contribution in [0.1, 0.15) is 38.8 Å². The summed E-state index contributed by atoms with van der Waals surface area (Å²) >= 11 is 0. The van der Waals surface area contributed by atoms with Crippen LogP contribution in [0.2, 0.25) is 0 Å². The van der Waals surface area contributed by atoms with E-state index in [9.17, 15) is 9.90 Å². The zero-order chi connectivity index (χ0) is 14.1. The van der Waals surface area contributed by atoms with Crippen molar-refractivity contribution in [3.05, 3.63) is 30.1 Å². The molecule has 2 N–H and O–H groups in total. The molecular formula is C15H24N2O2. The van der Waals surface area contributed by atoms with Gasteiger partial charge in [-0.05, 0) is 37.3 Å². The maximum Gasteiger partial charge on any atom is 0.220 e. The lowest BCUT2D eigenvalue weighted by Gasteiger charge is -2.14. The van der Waals surface area contributed by atoms with Gasteiger partial charge in [0.25, 0.3) is 0 Å². The van der Waals surface area contributed by atoms with Gasteiger partial charge in [0.1, 0.15) is 0 Å². The predicted octanol–water partition coefficient (Wildman–Crippen LogP) is 1.93. The van der Waals surface area contributed by atoms with Crippen molar-refractivity contribution in [3.8, 4) is 0 Å². The minimum atomic E-state index is -0.339. The Labute approximate surface area is 115 Å². The van der Waals surface area contributed by atoms with E-state index in [0.717, 1.165) is 18.5 Å². The molecule has 1 heterocycles. The Morgan fingerprint density at radius 1 is 1.42 bits per heavy atom. The van der Waals surface area contributed by atoms with E-state index in [2.05, 4.69) is 10.3 Å². The van der Waals surface area contributed by atoms with Crippen molar-refractivity contribution < 1.29 is 9.90 Å². The monoisotopic (exact) mass is 264 g/mol. The van der Waals surface area contributed by atoms with E-state index in [1.807, 2.05) is 32.0 Å². The number of aryl methyl sites for hydroxylation is 1. The number of nitrogens with zero attached hydrogens (tertiary/aromatic N) is 1. The fourth-order valence-electron chi connectivity index (χ4n) is 1.76. The van der Waals surface area contributed by atoms with Gasteiger partial charge in [-0.2, -0.15) is 0 Å². The first-order valence-electron chi connectivity index (χ1n) is 6.94. The second-order valence-electron chi connectivity index (χ2n) is 5.12. The molecule has 1 atom stereocenters. The lowest BCUT2D eigenvalue weighted by Crippen LogP contribution is -2.28. The molecule has 1 unspecified atom stereocenters. The standard InChI is InChI=1S/C15H24N2O2/c1-12(2)14(18)9-11-17-15(19)8-5-7-13-6-3-4-10-16-13/h3-4,6,10,12,14,18H,5,7-9,11H2,1-2H3,(H,17,19). The minimum absolute atomic E-state index is 0.0480. The molecule has 0 fully saturated rings. The SMILES string of the molecule is CC(C)C(O)CCNC(=O)CCCc1ccccn1. The van der Waals surface area contributed by atoms with Crippen molar-refractivity contribution in [3.63, 3.8) is 0 Å². The molecule has 1 amide bonds. The van der Waals surface area contributed by atoms with E-state index in [4.69, 9.17) is 0 Å². The third-order valence-corrected chi connectivity index (χ3v) is 3.09. The van der Waals surface area contributed by atoms with Crippen LogP contribution in [0.5, 0.6) is 0 Å². The van der Waals surface area contributed by atoms with E-state index in [-0.39, 0.29) is 17.9 Å². The van der Waals surface area contributed by atoms with Gasteiger partial charge in [0.05, 0.1) is 6.10 Å². The first-order chi connectivity index (χ1) is 9.09. The second-order valence-corrected chi connectivity index (χ2v) is 5.12. The van der Waals surface area contributed by atoms with Gasteiger partial charge in [0.2, 0.25) is 5.91 Å². The van der Waals surface area contributed by atoms with Gasteiger partial charge in [0.15, 0.2) is 0 Å². The van der Waals surface area contributed by atoms with Crippen LogP contribution in [-0.2, 0) is 11.2 Å². The van der Waals surface area contributed by atoms with Crippen LogP contribution in [0, 0.1) is 5.92 Å². The smallest absolute Gasteiger partial charge is 0.220 e. The Morgan fingerprint density at radius 2 is 2.21 bits per heavy atom. The molecule has 4 nitrogen and oxygen atoms in total. The van der Waals surface area contributed by atoms with Crippen LogP contribution in [0.25, 0.3) is 0 Å². The molecule has 1 aromatic heterocycles. The molecule has 0 aliphatic carbocycles. The summed E-state index contributed by atoms with van der Waals surface area (Å²) in [5.41, 5.74) is 1.02. The molecule has 19 heavy (non-hydrogen) atoms. The first kappa shape index (κ1) is 15.6. The summed E-state index contributed by atoms with van der Waals surface area (Å²) in [4.78, 5) is 15.8. The molecule has 106 valence electrons. The lowest BCUT2D eigenvalue weighted by atomic mass is 10.0. The summed E-state index contributed by atoms with van der Waals surface area (Å²) in [6.45, 7) is 4.49. The van der Waals surface area contributed by atoms with E-state index in [1.54, 1.807) is 6.20 Å². The number of aliphatic hydroxyl groups excluding tert-OH is 1. The van der Waals surface area contributed by atoms with Crippen LogP contribution < -0.4 is 5.32 Å². The first-order valence-corrected chi connectivity index (χ1v) is 6.94. The van der Waals surface area contributed by atoms with Crippen molar-refractivity contribution in [2.75, 3.05) is 6.54 Å². The minimum Gasteiger partial charge on any atom is -0.393 e. The average molecular weight is 264 g/mol. The van der Waals surface area contributed by atoms with Gasteiger partial charge in [-0.1, -0.05) is 19.9 Å². The zero-order valence-corrected chi connectivity index (χ0v) is 11.8. The van der Waals surface area contributed by atoms with Gasteiger partial charge in [0, 0.05) is 24.9 Å². The summed E-state index contributed by atoms with van der Waals surface area (Å²) in [6.07, 6.45) is 4.17. The number of carbonyl (C=O) groups is 1. The third-order valence-electron chi connectivity index (χ3n) is 3.09. The van der Waals surface area contributed by atoms with Crippen LogP contribution in [-0.4, -0.2) is 28.6 Å². The fourth-order valence-corrected chi connectivity index (χ4v) is 1.76. The van der Waals surface area contributed by atoms with Crippen molar-refractivity contribution in [2.45, 2.75) is 45.6 Å². The van der Waals surface area contributed by atoms with Crippen LogP contribution in [0.3, 0.4) is 0 Å². The van der Waals surface area contributed by atoms with Gasteiger partial charge in [-0.15, -0.1) is 0 Å². The van der Waals surface area contributed by atoms with Gasteiger partial charge in [-0.25, -0.2) is 0 Å². The quantitative estimate of drug-likeness (QED) is 0.754.